The summed E-state index contributed by atoms with van der Waals surface area (Å²) in [6.45, 7) is 3.39. The van der Waals surface area contributed by atoms with Gasteiger partial charge in [-0.15, -0.1) is 0 Å². The maximum absolute atomic E-state index is 10.8. The molecular formula is C7H12N2O2. The average Bonchev–Trinajstić information content (AvgIpc) is 1.95. The number of hydrazine groups is 1. The molecule has 0 radical (unpaired) electrons. The number of carbonyl (C=O) groups excluding carboxylic acids is 2. The van der Waals surface area contributed by atoms with Crippen molar-refractivity contribution >= 4 is 11.8 Å². The van der Waals surface area contributed by atoms with Gasteiger partial charge in [-0.25, -0.2) is 0 Å². The summed E-state index contributed by atoms with van der Waals surface area (Å²) in [6, 6.07) is 0.214. The molecule has 1 N–H and O–H groups in total. The molecule has 62 valence electrons. The van der Waals surface area contributed by atoms with Crippen molar-refractivity contribution in [1.29, 1.82) is 0 Å². The van der Waals surface area contributed by atoms with Crippen LogP contribution >= 0.6 is 0 Å². The molecule has 0 aromatic heterocycles. The molecule has 1 saturated heterocycles. The first-order valence-corrected chi connectivity index (χ1v) is 3.74. The maximum atomic E-state index is 10.8. The van der Waals surface area contributed by atoms with Gasteiger partial charge in [-0.1, -0.05) is 6.92 Å². The fourth-order valence-electron chi connectivity index (χ4n) is 1.13. The maximum Gasteiger partial charge on any atom is 0.243 e. The van der Waals surface area contributed by atoms with Gasteiger partial charge < -0.3 is 0 Å². The normalized spacial score (nSPS) is 22.9. The van der Waals surface area contributed by atoms with E-state index in [1.165, 1.54) is 11.9 Å². The minimum atomic E-state index is -0.184. The van der Waals surface area contributed by atoms with Crippen LogP contribution in [0.5, 0.6) is 0 Å². The molecule has 1 aliphatic rings. The standard InChI is InChI=1S/C7H12N2O2/c1-3-6-4-7(11)9(6)8-5(2)10/h6H,3-4H2,1-2H3,(H,8,10). The summed E-state index contributed by atoms with van der Waals surface area (Å²) in [6.07, 6.45) is 1.46. The predicted molar refractivity (Wildman–Crippen MR) is 39.4 cm³/mol. The lowest BCUT2D eigenvalue weighted by Gasteiger charge is -2.39. The fourth-order valence-corrected chi connectivity index (χ4v) is 1.13. The second-order valence-electron chi connectivity index (χ2n) is 2.70. The van der Waals surface area contributed by atoms with Gasteiger partial charge in [0.1, 0.15) is 0 Å². The van der Waals surface area contributed by atoms with Crippen molar-refractivity contribution in [3.63, 3.8) is 0 Å². The smallest absolute Gasteiger partial charge is 0.243 e. The molecule has 1 unspecified atom stereocenters. The molecule has 4 heteroatoms. The van der Waals surface area contributed by atoms with Gasteiger partial charge >= 0.3 is 0 Å². The number of β-lactam (4-membered cyclic amide) rings is 1. The number of rotatable bonds is 2. The van der Waals surface area contributed by atoms with Crippen LogP contribution in [0.3, 0.4) is 0 Å². The van der Waals surface area contributed by atoms with Crippen molar-refractivity contribution < 1.29 is 9.59 Å². The number of nitrogens with one attached hydrogen (secondary N) is 1. The molecule has 0 aliphatic carbocycles. The SMILES string of the molecule is CCC1CC(=O)N1NC(C)=O. The summed E-state index contributed by atoms with van der Waals surface area (Å²) in [5.74, 6) is -0.177. The van der Waals surface area contributed by atoms with Gasteiger partial charge in [-0.2, -0.15) is 0 Å². The van der Waals surface area contributed by atoms with E-state index < -0.39 is 0 Å². The van der Waals surface area contributed by atoms with Crippen LogP contribution in [0, 0.1) is 0 Å². The lowest BCUT2D eigenvalue weighted by Crippen LogP contribution is -2.60. The molecular weight excluding hydrogens is 144 g/mol. The van der Waals surface area contributed by atoms with E-state index in [-0.39, 0.29) is 17.9 Å². The molecule has 0 saturated carbocycles. The Morgan fingerprint density at radius 1 is 1.82 bits per heavy atom. The van der Waals surface area contributed by atoms with E-state index in [0.29, 0.717) is 6.42 Å². The second kappa shape index (κ2) is 2.90. The van der Waals surface area contributed by atoms with Gasteiger partial charge in [0.25, 0.3) is 0 Å². The predicted octanol–water partition coefficient (Wildman–Crippen LogP) is 0.0484. The topological polar surface area (TPSA) is 49.4 Å². The first kappa shape index (κ1) is 8.04. The molecule has 1 atom stereocenters. The molecule has 1 rings (SSSR count). The van der Waals surface area contributed by atoms with Crippen LogP contribution < -0.4 is 5.43 Å². The second-order valence-corrected chi connectivity index (χ2v) is 2.70. The van der Waals surface area contributed by atoms with Crippen molar-refractivity contribution in [2.24, 2.45) is 0 Å². The van der Waals surface area contributed by atoms with Gasteiger partial charge in [0, 0.05) is 6.92 Å². The van der Waals surface area contributed by atoms with Crippen LogP contribution in [0.2, 0.25) is 0 Å². The van der Waals surface area contributed by atoms with Crippen molar-refractivity contribution in [1.82, 2.24) is 10.4 Å². The summed E-state index contributed by atoms with van der Waals surface area (Å²) >= 11 is 0. The Kier molecular flexibility index (Phi) is 2.12. The van der Waals surface area contributed by atoms with E-state index in [9.17, 15) is 9.59 Å². The third-order valence-electron chi connectivity index (χ3n) is 1.79. The Bertz CT molecular complexity index is 191. The van der Waals surface area contributed by atoms with Crippen molar-refractivity contribution in [2.75, 3.05) is 0 Å². The first-order valence-electron chi connectivity index (χ1n) is 3.74. The molecule has 0 spiro atoms. The summed E-state index contributed by atoms with van der Waals surface area (Å²) < 4.78 is 0. The summed E-state index contributed by atoms with van der Waals surface area (Å²) in [5, 5.41) is 1.41. The minimum absolute atomic E-state index is 0.00653. The Balaban J connectivity index is 2.42. The lowest BCUT2D eigenvalue weighted by molar-refractivity contribution is -0.156. The average molecular weight is 156 g/mol. The zero-order valence-electron chi connectivity index (χ0n) is 6.76. The molecule has 0 bridgehead atoms. The largest absolute Gasteiger partial charge is 0.274 e. The number of carbonyl (C=O) groups is 2. The molecule has 1 fully saturated rings. The van der Waals surface area contributed by atoms with Crippen LogP contribution in [0.1, 0.15) is 26.7 Å². The molecule has 1 heterocycles. The zero-order chi connectivity index (χ0) is 8.43. The number of nitrogens with zero attached hydrogens (tertiary/aromatic N) is 1. The highest BCUT2D eigenvalue weighted by atomic mass is 16.2. The Morgan fingerprint density at radius 2 is 2.45 bits per heavy atom. The van der Waals surface area contributed by atoms with Crippen LogP contribution in [-0.4, -0.2) is 22.9 Å². The van der Waals surface area contributed by atoms with Crippen molar-refractivity contribution in [3.05, 3.63) is 0 Å². The van der Waals surface area contributed by atoms with E-state index in [0.717, 1.165) is 6.42 Å². The quantitative estimate of drug-likeness (QED) is 0.574. The minimum Gasteiger partial charge on any atom is -0.274 e. The van der Waals surface area contributed by atoms with Crippen LogP contribution in [-0.2, 0) is 9.59 Å². The van der Waals surface area contributed by atoms with Gasteiger partial charge in [0.2, 0.25) is 11.8 Å². The van der Waals surface area contributed by atoms with E-state index in [1.54, 1.807) is 0 Å². The van der Waals surface area contributed by atoms with E-state index in [2.05, 4.69) is 5.43 Å². The Hall–Kier alpha value is -1.06. The summed E-state index contributed by atoms with van der Waals surface area (Å²) in [5.41, 5.74) is 2.47. The van der Waals surface area contributed by atoms with Crippen LogP contribution in [0.25, 0.3) is 0 Å². The van der Waals surface area contributed by atoms with Gasteiger partial charge in [0.05, 0.1) is 12.5 Å². The van der Waals surface area contributed by atoms with Gasteiger partial charge in [-0.3, -0.25) is 20.0 Å². The third-order valence-corrected chi connectivity index (χ3v) is 1.79. The van der Waals surface area contributed by atoms with E-state index >= 15 is 0 Å². The van der Waals surface area contributed by atoms with Crippen molar-refractivity contribution in [2.45, 2.75) is 32.7 Å². The Morgan fingerprint density at radius 3 is 2.82 bits per heavy atom. The van der Waals surface area contributed by atoms with Gasteiger partial charge in [-0.05, 0) is 6.42 Å². The monoisotopic (exact) mass is 156 g/mol. The summed E-state index contributed by atoms with van der Waals surface area (Å²) in [4.78, 5) is 21.4. The van der Waals surface area contributed by atoms with E-state index in [1.807, 2.05) is 6.92 Å². The zero-order valence-corrected chi connectivity index (χ0v) is 6.76. The third kappa shape index (κ3) is 1.50. The lowest BCUT2D eigenvalue weighted by atomic mass is 10.0. The molecule has 0 aromatic rings. The van der Waals surface area contributed by atoms with Crippen molar-refractivity contribution in [3.8, 4) is 0 Å². The molecule has 11 heavy (non-hydrogen) atoms. The molecule has 2 amide bonds. The first-order chi connectivity index (χ1) is 5.15. The number of amides is 2. The van der Waals surface area contributed by atoms with Gasteiger partial charge in [0.15, 0.2) is 0 Å². The number of hydrogen-bond donors (Lipinski definition) is 1. The summed E-state index contributed by atoms with van der Waals surface area (Å²) in [7, 11) is 0. The van der Waals surface area contributed by atoms with E-state index in [4.69, 9.17) is 0 Å². The molecule has 1 aliphatic heterocycles. The highest BCUT2D eigenvalue weighted by molar-refractivity contribution is 5.86. The molecule has 0 aromatic carbocycles. The van der Waals surface area contributed by atoms with Crippen LogP contribution in [0.4, 0.5) is 0 Å². The highest BCUT2D eigenvalue weighted by Gasteiger charge is 2.35. The van der Waals surface area contributed by atoms with Crippen LogP contribution in [0.15, 0.2) is 0 Å². The fraction of sp³-hybridized carbons (Fsp3) is 0.714. The number of hydrogen-bond acceptors (Lipinski definition) is 2. The highest BCUT2D eigenvalue weighted by Crippen LogP contribution is 2.18. The molecule has 4 nitrogen and oxygen atoms in total. The Labute approximate surface area is 65.5 Å².